The lowest BCUT2D eigenvalue weighted by Gasteiger charge is -2.18. The number of ether oxygens (including phenoxy) is 1. The van der Waals surface area contributed by atoms with Crippen LogP contribution in [0.2, 0.25) is 5.02 Å². The van der Waals surface area contributed by atoms with E-state index in [1.165, 1.54) is 30.0 Å². The smallest absolute Gasteiger partial charge is 0.283 e. The molecule has 0 unspecified atom stereocenters. The van der Waals surface area contributed by atoms with Crippen LogP contribution in [-0.4, -0.2) is 18.2 Å². The summed E-state index contributed by atoms with van der Waals surface area (Å²) in [6, 6.07) is 18.1. The van der Waals surface area contributed by atoms with Crippen molar-refractivity contribution in [3.8, 4) is 11.8 Å². The van der Waals surface area contributed by atoms with E-state index in [0.29, 0.717) is 38.7 Å². The fourth-order valence-corrected chi connectivity index (χ4v) is 4.21. The summed E-state index contributed by atoms with van der Waals surface area (Å²) in [5.41, 5.74) is 2.38. The molecule has 4 rings (SSSR count). The highest BCUT2D eigenvalue weighted by atomic mass is 35.5. The fourth-order valence-electron chi connectivity index (χ4n) is 3.00. The summed E-state index contributed by atoms with van der Waals surface area (Å²) in [5.74, 6) is 1.30. The predicted octanol–water partition coefficient (Wildman–Crippen LogP) is 5.49. The highest BCUT2D eigenvalue weighted by Gasteiger charge is 2.32. The highest BCUT2D eigenvalue weighted by Crippen LogP contribution is 2.35. The van der Waals surface area contributed by atoms with Crippen LogP contribution < -0.4 is 9.64 Å². The highest BCUT2D eigenvalue weighted by molar-refractivity contribution is 8.13. The van der Waals surface area contributed by atoms with Gasteiger partial charge in [-0.3, -0.25) is 9.69 Å². The van der Waals surface area contributed by atoms with Crippen LogP contribution in [0.5, 0.6) is 5.75 Å². The molecule has 0 atom stereocenters. The number of hydrogen-bond acceptors (Lipinski definition) is 6. The van der Waals surface area contributed by atoms with Crippen molar-refractivity contribution in [3.63, 3.8) is 0 Å². The Morgan fingerprint density at radius 1 is 1.26 bits per heavy atom. The van der Waals surface area contributed by atoms with Crippen molar-refractivity contribution < 1.29 is 13.9 Å². The first-order chi connectivity index (χ1) is 15.1. The summed E-state index contributed by atoms with van der Waals surface area (Å²) in [7, 11) is 1.53. The van der Waals surface area contributed by atoms with Crippen molar-refractivity contribution in [2.75, 3.05) is 12.0 Å². The Morgan fingerprint density at radius 2 is 2.13 bits per heavy atom. The third kappa shape index (κ3) is 4.50. The maximum atomic E-state index is 13.2. The number of carbonyl (C=O) groups is 1. The van der Waals surface area contributed by atoms with Gasteiger partial charge in [-0.05, 0) is 48.0 Å². The molecule has 31 heavy (non-hydrogen) atoms. The molecule has 1 aliphatic heterocycles. The second-order valence-corrected chi connectivity index (χ2v) is 7.85. The number of furan rings is 1. The molecule has 0 aliphatic carbocycles. The van der Waals surface area contributed by atoms with Crippen molar-refractivity contribution in [3.05, 3.63) is 88.5 Å². The lowest BCUT2D eigenvalue weighted by Crippen LogP contribution is -2.30. The molecule has 3 aromatic rings. The molecular weight excluding hydrogens is 434 g/mol. The largest absolute Gasteiger partial charge is 0.495 e. The summed E-state index contributed by atoms with van der Waals surface area (Å²) < 4.78 is 10.5. The summed E-state index contributed by atoms with van der Waals surface area (Å²) in [6.07, 6.45) is 3.14. The summed E-state index contributed by atoms with van der Waals surface area (Å²) in [4.78, 5) is 19.3. The number of amides is 1. The number of nitriles is 1. The lowest BCUT2D eigenvalue weighted by atomic mass is 10.2. The minimum atomic E-state index is -0.286. The van der Waals surface area contributed by atoms with Gasteiger partial charge < -0.3 is 9.15 Å². The zero-order valence-corrected chi connectivity index (χ0v) is 18.0. The standard InChI is InChI=1S/C23H16ClN3O3S/c1-29-21-8-7-17(11-19(21)24)27-22(28)20(12-18-6-3-9-30-18)26-23(27)31-14-16-5-2-4-15(10-16)13-25/h2-12H,14H2,1H3/b20-12+. The van der Waals surface area contributed by atoms with Crippen molar-refractivity contribution in [1.82, 2.24) is 0 Å². The fraction of sp³-hybridized carbons (Fsp3) is 0.0870. The summed E-state index contributed by atoms with van der Waals surface area (Å²) >= 11 is 7.69. The molecule has 0 saturated carbocycles. The van der Waals surface area contributed by atoms with Gasteiger partial charge in [0.1, 0.15) is 17.2 Å². The molecule has 154 valence electrons. The van der Waals surface area contributed by atoms with E-state index < -0.39 is 0 Å². The number of nitrogens with zero attached hydrogens (tertiary/aromatic N) is 3. The molecule has 1 aromatic heterocycles. The third-order valence-corrected chi connectivity index (χ3v) is 5.77. The van der Waals surface area contributed by atoms with Crippen LogP contribution in [0, 0.1) is 11.3 Å². The SMILES string of the molecule is COc1ccc(N2C(=O)/C(=C\c3ccco3)N=C2SCc2cccc(C#N)c2)cc1Cl. The van der Waals surface area contributed by atoms with Crippen molar-refractivity contribution in [2.45, 2.75) is 5.75 Å². The maximum absolute atomic E-state index is 13.2. The van der Waals surface area contributed by atoms with Gasteiger partial charge in [-0.2, -0.15) is 5.26 Å². The normalized spacial score (nSPS) is 14.6. The Balaban J connectivity index is 1.67. The van der Waals surface area contributed by atoms with Crippen LogP contribution in [0.1, 0.15) is 16.9 Å². The van der Waals surface area contributed by atoms with Crippen LogP contribution in [0.25, 0.3) is 6.08 Å². The zero-order chi connectivity index (χ0) is 21.8. The average Bonchev–Trinajstić information content (AvgIpc) is 3.40. The van der Waals surface area contributed by atoms with E-state index in [-0.39, 0.29) is 11.6 Å². The van der Waals surface area contributed by atoms with Crippen molar-refractivity contribution in [2.24, 2.45) is 4.99 Å². The van der Waals surface area contributed by atoms with E-state index >= 15 is 0 Å². The first kappa shape index (κ1) is 20.8. The molecule has 6 nitrogen and oxygen atoms in total. The van der Waals surface area contributed by atoms with E-state index in [1.807, 2.05) is 18.2 Å². The second-order valence-electron chi connectivity index (χ2n) is 6.50. The Labute approximate surface area is 188 Å². The Hall–Kier alpha value is -3.47. The van der Waals surface area contributed by atoms with E-state index in [2.05, 4.69) is 11.1 Å². The van der Waals surface area contributed by atoms with E-state index in [4.69, 9.17) is 26.0 Å². The van der Waals surface area contributed by atoms with Gasteiger partial charge in [0.2, 0.25) is 0 Å². The minimum absolute atomic E-state index is 0.259. The molecule has 0 saturated heterocycles. The van der Waals surface area contributed by atoms with E-state index in [9.17, 15) is 4.79 Å². The van der Waals surface area contributed by atoms with Crippen LogP contribution in [0.4, 0.5) is 5.69 Å². The Kier molecular flexibility index (Phi) is 6.12. The van der Waals surface area contributed by atoms with Gasteiger partial charge in [0.15, 0.2) is 5.17 Å². The molecule has 2 aromatic carbocycles. The zero-order valence-electron chi connectivity index (χ0n) is 16.4. The van der Waals surface area contributed by atoms with Crippen LogP contribution >= 0.6 is 23.4 Å². The first-order valence-corrected chi connectivity index (χ1v) is 10.6. The average molecular weight is 450 g/mol. The number of amidine groups is 1. The molecule has 8 heteroatoms. The van der Waals surface area contributed by atoms with Gasteiger partial charge in [0.25, 0.3) is 5.91 Å². The molecule has 0 bridgehead atoms. The first-order valence-electron chi connectivity index (χ1n) is 9.23. The molecule has 0 spiro atoms. The van der Waals surface area contributed by atoms with Gasteiger partial charge in [0.05, 0.1) is 35.7 Å². The lowest BCUT2D eigenvalue weighted by molar-refractivity contribution is -0.113. The van der Waals surface area contributed by atoms with Crippen LogP contribution in [0.15, 0.2) is 76.0 Å². The van der Waals surface area contributed by atoms with E-state index in [0.717, 1.165) is 5.56 Å². The number of carbonyl (C=O) groups excluding carboxylic acids is 1. The number of aliphatic imine (C=N–C) groups is 1. The molecule has 1 amide bonds. The number of rotatable bonds is 5. The minimum Gasteiger partial charge on any atom is -0.495 e. The predicted molar refractivity (Wildman–Crippen MR) is 122 cm³/mol. The molecule has 1 aliphatic rings. The number of hydrogen-bond donors (Lipinski definition) is 0. The van der Waals surface area contributed by atoms with E-state index in [1.54, 1.807) is 42.5 Å². The van der Waals surface area contributed by atoms with Crippen LogP contribution in [0.3, 0.4) is 0 Å². The number of benzene rings is 2. The maximum Gasteiger partial charge on any atom is 0.283 e. The van der Waals surface area contributed by atoms with Crippen molar-refractivity contribution >= 4 is 46.2 Å². The topological polar surface area (TPSA) is 78.8 Å². The number of methoxy groups -OCH3 is 1. The van der Waals surface area contributed by atoms with Gasteiger partial charge in [0, 0.05) is 11.8 Å². The van der Waals surface area contributed by atoms with Crippen LogP contribution in [-0.2, 0) is 10.5 Å². The third-order valence-electron chi connectivity index (χ3n) is 4.47. The van der Waals surface area contributed by atoms with Gasteiger partial charge in [-0.15, -0.1) is 0 Å². The quantitative estimate of drug-likeness (QED) is 0.481. The number of anilines is 1. The molecular formula is C23H16ClN3O3S. The molecule has 2 heterocycles. The Bertz CT molecular complexity index is 1230. The molecule has 0 fully saturated rings. The van der Waals surface area contributed by atoms with Gasteiger partial charge >= 0.3 is 0 Å². The molecule has 0 radical (unpaired) electrons. The monoisotopic (exact) mass is 449 g/mol. The Morgan fingerprint density at radius 3 is 2.84 bits per heavy atom. The second kappa shape index (κ2) is 9.13. The van der Waals surface area contributed by atoms with Gasteiger partial charge in [-0.25, -0.2) is 4.99 Å². The van der Waals surface area contributed by atoms with Gasteiger partial charge in [-0.1, -0.05) is 35.5 Å². The van der Waals surface area contributed by atoms with Crippen molar-refractivity contribution in [1.29, 1.82) is 5.26 Å². The number of halogens is 1. The summed E-state index contributed by atoms with van der Waals surface area (Å²) in [5, 5.41) is 10.0. The number of thioether (sulfide) groups is 1. The summed E-state index contributed by atoms with van der Waals surface area (Å²) in [6.45, 7) is 0. The molecule has 0 N–H and O–H groups in total.